The van der Waals surface area contributed by atoms with Gasteiger partial charge in [-0.15, -0.1) is 10.2 Å². The van der Waals surface area contributed by atoms with Crippen molar-refractivity contribution in [1.29, 1.82) is 0 Å². The molecule has 0 aliphatic carbocycles. The van der Waals surface area contributed by atoms with E-state index in [0.717, 1.165) is 18.9 Å². The number of nitrogens with zero attached hydrogens (tertiary/aromatic N) is 4. The maximum Gasteiger partial charge on any atom is 0.339 e. The van der Waals surface area contributed by atoms with Crippen molar-refractivity contribution < 1.29 is 27.8 Å². The van der Waals surface area contributed by atoms with Gasteiger partial charge in [-0.25, -0.2) is 9.78 Å². The summed E-state index contributed by atoms with van der Waals surface area (Å²) in [5.74, 6) is -3.69. The molecule has 1 aliphatic heterocycles. The Kier molecular flexibility index (Phi) is 6.02. The third kappa shape index (κ3) is 4.33. The lowest BCUT2D eigenvalue weighted by Gasteiger charge is -2.30. The molecule has 4 aromatic rings. The number of carbonyl (C=O) groups excluding carboxylic acids is 1. The van der Waals surface area contributed by atoms with Crippen molar-refractivity contribution in [1.82, 2.24) is 20.2 Å². The summed E-state index contributed by atoms with van der Waals surface area (Å²) in [6.45, 7) is 0.900. The zero-order valence-electron chi connectivity index (χ0n) is 18.9. The molecule has 12 heteroatoms. The third-order valence-corrected chi connectivity index (χ3v) is 5.72. The molecular weight excluding hydrogens is 474 g/mol. The Morgan fingerprint density at radius 3 is 2.69 bits per heavy atom. The zero-order chi connectivity index (χ0) is 25.3. The number of hydrogen-bond donors (Lipinski definition) is 3. The van der Waals surface area contributed by atoms with Gasteiger partial charge in [0.25, 0.3) is 5.89 Å². The summed E-state index contributed by atoms with van der Waals surface area (Å²) >= 11 is 0. The number of nitrogens with one attached hydrogen (secondary N) is 2. The average Bonchev–Trinajstić information content (AvgIpc) is 3.42. The van der Waals surface area contributed by atoms with Crippen molar-refractivity contribution in [2.24, 2.45) is 0 Å². The van der Waals surface area contributed by atoms with Crippen LogP contribution in [0, 0.1) is 0 Å². The summed E-state index contributed by atoms with van der Waals surface area (Å²) < 4.78 is 39.5. The number of alkyl halides is 2. The SMILES string of the molecule is CC1OC(=O)c2ccc(Nc3ncc(-c4nnco4)c(N[C@H](CO)c4ccccc4)n3)cc2C1(F)F. The summed E-state index contributed by atoms with van der Waals surface area (Å²) in [6.07, 6.45) is 0.990. The number of carbonyl (C=O) groups is 1. The minimum atomic E-state index is -3.36. The molecule has 2 atom stereocenters. The minimum absolute atomic E-state index is 0.0696. The van der Waals surface area contributed by atoms with Crippen molar-refractivity contribution in [3.63, 3.8) is 0 Å². The topological polar surface area (TPSA) is 135 Å². The highest BCUT2D eigenvalue weighted by molar-refractivity contribution is 5.93. The second kappa shape index (κ2) is 9.30. The van der Waals surface area contributed by atoms with Crippen LogP contribution in [0.4, 0.5) is 26.2 Å². The van der Waals surface area contributed by atoms with Gasteiger partial charge in [-0.1, -0.05) is 30.3 Å². The number of anilines is 3. The van der Waals surface area contributed by atoms with Crippen molar-refractivity contribution in [2.75, 3.05) is 17.2 Å². The van der Waals surface area contributed by atoms with Crippen molar-refractivity contribution in [3.8, 4) is 11.5 Å². The molecule has 3 N–H and O–H groups in total. The fourth-order valence-electron chi connectivity index (χ4n) is 3.81. The lowest BCUT2D eigenvalue weighted by atomic mass is 9.95. The maximum atomic E-state index is 14.7. The van der Waals surface area contributed by atoms with Gasteiger partial charge in [0.2, 0.25) is 12.3 Å². The zero-order valence-corrected chi connectivity index (χ0v) is 18.9. The van der Waals surface area contributed by atoms with Gasteiger partial charge in [0.15, 0.2) is 6.10 Å². The quantitative estimate of drug-likeness (QED) is 0.323. The largest absolute Gasteiger partial charge is 0.452 e. The molecule has 0 spiro atoms. The number of rotatable bonds is 7. The Labute approximate surface area is 203 Å². The van der Waals surface area contributed by atoms with Crippen LogP contribution in [-0.4, -0.2) is 44.0 Å². The Morgan fingerprint density at radius 2 is 1.97 bits per heavy atom. The number of esters is 1. The molecule has 0 saturated heterocycles. The number of fused-ring (bicyclic) bond motifs is 1. The molecule has 184 valence electrons. The number of aromatic nitrogens is 4. The van der Waals surface area contributed by atoms with Crippen LogP contribution in [0.2, 0.25) is 0 Å². The smallest absolute Gasteiger partial charge is 0.339 e. The van der Waals surface area contributed by atoms with Gasteiger partial charge >= 0.3 is 11.9 Å². The van der Waals surface area contributed by atoms with Crippen LogP contribution in [0.5, 0.6) is 0 Å². The first-order valence-corrected chi connectivity index (χ1v) is 10.9. The van der Waals surface area contributed by atoms with E-state index in [1.165, 1.54) is 24.4 Å². The Hall–Kier alpha value is -4.45. The van der Waals surface area contributed by atoms with Crippen LogP contribution in [-0.2, 0) is 10.7 Å². The van der Waals surface area contributed by atoms with E-state index in [-0.39, 0.29) is 35.5 Å². The molecule has 0 bridgehead atoms. The number of aliphatic hydroxyl groups excluding tert-OH is 1. The van der Waals surface area contributed by atoms with Gasteiger partial charge in [0, 0.05) is 17.4 Å². The Morgan fingerprint density at radius 1 is 1.17 bits per heavy atom. The molecule has 10 nitrogen and oxygen atoms in total. The average molecular weight is 494 g/mol. The molecule has 2 aromatic carbocycles. The molecule has 36 heavy (non-hydrogen) atoms. The highest BCUT2D eigenvalue weighted by Gasteiger charge is 2.48. The first kappa shape index (κ1) is 23.3. The van der Waals surface area contributed by atoms with Crippen LogP contribution in [0.15, 0.2) is 65.5 Å². The fourth-order valence-corrected chi connectivity index (χ4v) is 3.81. The van der Waals surface area contributed by atoms with Gasteiger partial charge < -0.3 is 24.9 Å². The van der Waals surface area contributed by atoms with E-state index in [1.807, 2.05) is 30.3 Å². The molecule has 5 rings (SSSR count). The van der Waals surface area contributed by atoms with Crippen LogP contribution < -0.4 is 10.6 Å². The van der Waals surface area contributed by atoms with Crippen LogP contribution in [0.25, 0.3) is 11.5 Å². The van der Waals surface area contributed by atoms with Gasteiger partial charge in [-0.3, -0.25) is 0 Å². The number of aliphatic hydroxyl groups is 1. The molecule has 3 heterocycles. The molecule has 1 aliphatic rings. The van der Waals surface area contributed by atoms with Crippen molar-refractivity contribution >= 4 is 23.4 Å². The number of cyclic esters (lactones) is 1. The standard InChI is InChI=1S/C24H20F2N6O4/c1-13-24(25,26)18-9-15(7-8-16(18)22(34)36-13)29-23-27-10-17(21-32-28-12-35-21)20(31-23)30-19(11-33)14-5-3-2-4-6-14/h2-10,12-13,19,33H,11H2,1H3,(H2,27,29,30,31)/t13?,19-/m1/s1. The van der Waals surface area contributed by atoms with Crippen LogP contribution in [0.3, 0.4) is 0 Å². The molecule has 1 unspecified atom stereocenters. The molecule has 0 saturated carbocycles. The highest BCUT2D eigenvalue weighted by atomic mass is 19.3. The predicted molar refractivity (Wildman–Crippen MR) is 124 cm³/mol. The van der Waals surface area contributed by atoms with Crippen molar-refractivity contribution in [3.05, 3.63) is 77.8 Å². The summed E-state index contributed by atoms with van der Waals surface area (Å²) in [5.41, 5.74) is 0.783. The van der Waals surface area contributed by atoms with E-state index < -0.39 is 29.6 Å². The minimum Gasteiger partial charge on any atom is -0.452 e. The number of ether oxygens (including phenoxy) is 1. The Balaban J connectivity index is 1.49. The number of halogens is 2. The van der Waals surface area contributed by atoms with Gasteiger partial charge in [-0.05, 0) is 30.7 Å². The lowest BCUT2D eigenvalue weighted by Crippen LogP contribution is -2.39. The molecule has 0 fully saturated rings. The third-order valence-electron chi connectivity index (χ3n) is 5.72. The molecular formula is C24H20F2N6O4. The van der Waals surface area contributed by atoms with Crippen LogP contribution >= 0.6 is 0 Å². The van der Waals surface area contributed by atoms with Gasteiger partial charge in [-0.2, -0.15) is 13.8 Å². The van der Waals surface area contributed by atoms with Crippen molar-refractivity contribution in [2.45, 2.75) is 25.0 Å². The van der Waals surface area contributed by atoms with E-state index in [1.54, 1.807) is 0 Å². The summed E-state index contributed by atoms with van der Waals surface area (Å²) in [6, 6.07) is 12.6. The Bertz CT molecular complexity index is 1380. The summed E-state index contributed by atoms with van der Waals surface area (Å²) in [4.78, 5) is 20.8. The predicted octanol–water partition coefficient (Wildman–Crippen LogP) is 4.07. The highest BCUT2D eigenvalue weighted by Crippen LogP contribution is 2.41. The monoisotopic (exact) mass is 494 g/mol. The van der Waals surface area contributed by atoms with Crippen LogP contribution in [0.1, 0.15) is 34.5 Å². The number of benzene rings is 2. The number of hydrogen-bond acceptors (Lipinski definition) is 10. The summed E-state index contributed by atoms with van der Waals surface area (Å²) in [5, 5.41) is 23.6. The summed E-state index contributed by atoms with van der Waals surface area (Å²) in [7, 11) is 0. The molecule has 0 radical (unpaired) electrons. The van der Waals surface area contributed by atoms with E-state index >= 15 is 0 Å². The fraction of sp³-hybridized carbons (Fsp3) is 0.208. The lowest BCUT2D eigenvalue weighted by molar-refractivity contribution is -0.122. The maximum absolute atomic E-state index is 14.7. The van der Waals surface area contributed by atoms with E-state index in [9.17, 15) is 18.7 Å². The molecule has 2 aromatic heterocycles. The second-order valence-corrected chi connectivity index (χ2v) is 8.05. The van der Waals surface area contributed by atoms with Gasteiger partial charge in [0.1, 0.15) is 5.82 Å². The van der Waals surface area contributed by atoms with E-state index in [4.69, 9.17) is 9.15 Å². The first-order chi connectivity index (χ1) is 17.4. The second-order valence-electron chi connectivity index (χ2n) is 8.05. The molecule has 0 amide bonds. The first-order valence-electron chi connectivity index (χ1n) is 10.9. The van der Waals surface area contributed by atoms with Gasteiger partial charge in [0.05, 0.1) is 23.8 Å². The normalized spacial score (nSPS) is 17.1. The van der Waals surface area contributed by atoms with E-state index in [2.05, 4.69) is 30.8 Å². The van der Waals surface area contributed by atoms with E-state index in [0.29, 0.717) is 5.56 Å².